The SMILES string of the molecule is Cc1nc(N2CCC[C@H](N)C2)no1. The Bertz CT molecular complexity index is 285. The summed E-state index contributed by atoms with van der Waals surface area (Å²) in [5.74, 6) is 1.28. The second kappa shape index (κ2) is 3.33. The molecule has 5 heteroatoms. The van der Waals surface area contributed by atoms with Crippen LogP contribution < -0.4 is 10.6 Å². The van der Waals surface area contributed by atoms with E-state index in [2.05, 4.69) is 15.0 Å². The molecular formula is C8H14N4O. The van der Waals surface area contributed by atoms with Gasteiger partial charge in [0.05, 0.1) is 0 Å². The molecule has 1 atom stereocenters. The second-order valence-electron chi connectivity index (χ2n) is 3.46. The zero-order valence-corrected chi connectivity index (χ0v) is 7.73. The minimum atomic E-state index is 0.243. The van der Waals surface area contributed by atoms with Gasteiger partial charge in [-0.05, 0) is 18.0 Å². The first kappa shape index (κ1) is 8.50. The van der Waals surface area contributed by atoms with Crippen molar-refractivity contribution in [1.82, 2.24) is 10.1 Å². The van der Waals surface area contributed by atoms with Crippen LogP contribution in [0.15, 0.2) is 4.52 Å². The molecule has 2 N–H and O–H groups in total. The Labute approximate surface area is 76.9 Å². The first-order valence-electron chi connectivity index (χ1n) is 4.56. The van der Waals surface area contributed by atoms with Crippen LogP contribution in [0.2, 0.25) is 0 Å². The summed E-state index contributed by atoms with van der Waals surface area (Å²) in [6, 6.07) is 0.243. The Morgan fingerprint density at radius 3 is 3.08 bits per heavy atom. The Morgan fingerprint density at radius 1 is 1.62 bits per heavy atom. The van der Waals surface area contributed by atoms with Crippen LogP contribution in [-0.2, 0) is 0 Å². The van der Waals surface area contributed by atoms with Crippen molar-refractivity contribution in [2.75, 3.05) is 18.0 Å². The van der Waals surface area contributed by atoms with Crippen LogP contribution in [0.4, 0.5) is 5.95 Å². The number of rotatable bonds is 1. The standard InChI is InChI=1S/C8H14N4O/c1-6-10-8(11-13-6)12-4-2-3-7(9)5-12/h7H,2-5,9H2,1H3/t7-/m0/s1. The van der Waals surface area contributed by atoms with Gasteiger partial charge in [-0.2, -0.15) is 4.98 Å². The first-order valence-corrected chi connectivity index (χ1v) is 4.56. The number of piperidine rings is 1. The van der Waals surface area contributed by atoms with Crippen molar-refractivity contribution in [2.24, 2.45) is 5.73 Å². The number of aryl methyl sites for hydroxylation is 1. The van der Waals surface area contributed by atoms with E-state index in [0.717, 1.165) is 25.9 Å². The van der Waals surface area contributed by atoms with Gasteiger partial charge >= 0.3 is 0 Å². The Morgan fingerprint density at radius 2 is 2.46 bits per heavy atom. The normalized spacial score (nSPS) is 23.5. The van der Waals surface area contributed by atoms with E-state index in [1.807, 2.05) is 0 Å². The topological polar surface area (TPSA) is 68.2 Å². The summed E-state index contributed by atoms with van der Waals surface area (Å²) in [5.41, 5.74) is 5.84. The Balaban J connectivity index is 2.08. The molecule has 0 unspecified atom stereocenters. The quantitative estimate of drug-likeness (QED) is 0.676. The first-order chi connectivity index (χ1) is 6.25. The van der Waals surface area contributed by atoms with Crippen molar-refractivity contribution in [2.45, 2.75) is 25.8 Å². The minimum Gasteiger partial charge on any atom is -0.338 e. The van der Waals surface area contributed by atoms with Gasteiger partial charge in [-0.1, -0.05) is 0 Å². The van der Waals surface area contributed by atoms with E-state index in [9.17, 15) is 0 Å². The molecule has 0 radical (unpaired) electrons. The van der Waals surface area contributed by atoms with Gasteiger partial charge < -0.3 is 15.2 Å². The number of anilines is 1. The molecule has 2 heterocycles. The molecule has 0 saturated carbocycles. The third-order valence-corrected chi connectivity index (χ3v) is 2.26. The third kappa shape index (κ3) is 1.80. The van der Waals surface area contributed by atoms with E-state index in [0.29, 0.717) is 11.8 Å². The van der Waals surface area contributed by atoms with Crippen LogP contribution in [0.5, 0.6) is 0 Å². The highest BCUT2D eigenvalue weighted by atomic mass is 16.5. The molecule has 0 amide bonds. The van der Waals surface area contributed by atoms with Gasteiger partial charge in [0, 0.05) is 26.1 Å². The van der Waals surface area contributed by atoms with Gasteiger partial charge in [0.15, 0.2) is 0 Å². The maximum Gasteiger partial charge on any atom is 0.266 e. The maximum atomic E-state index is 5.84. The largest absolute Gasteiger partial charge is 0.338 e. The highest BCUT2D eigenvalue weighted by Gasteiger charge is 2.20. The molecule has 2 rings (SSSR count). The predicted octanol–water partition coefficient (Wildman–Crippen LogP) is 0.306. The van der Waals surface area contributed by atoms with E-state index in [-0.39, 0.29) is 6.04 Å². The lowest BCUT2D eigenvalue weighted by Crippen LogP contribution is -2.43. The van der Waals surface area contributed by atoms with Crippen LogP contribution in [0.25, 0.3) is 0 Å². The van der Waals surface area contributed by atoms with Gasteiger partial charge in [0.25, 0.3) is 5.95 Å². The van der Waals surface area contributed by atoms with Crippen molar-refractivity contribution in [1.29, 1.82) is 0 Å². The van der Waals surface area contributed by atoms with Crippen molar-refractivity contribution in [3.8, 4) is 0 Å². The van der Waals surface area contributed by atoms with Gasteiger partial charge in [0.1, 0.15) is 0 Å². The summed E-state index contributed by atoms with van der Waals surface area (Å²) in [6.07, 6.45) is 2.20. The number of nitrogens with zero attached hydrogens (tertiary/aromatic N) is 3. The molecule has 1 aliphatic heterocycles. The summed E-state index contributed by atoms with van der Waals surface area (Å²) in [7, 11) is 0. The zero-order valence-electron chi connectivity index (χ0n) is 7.73. The summed E-state index contributed by atoms with van der Waals surface area (Å²) in [5, 5.41) is 3.86. The lowest BCUT2D eigenvalue weighted by atomic mass is 10.1. The van der Waals surface area contributed by atoms with E-state index in [1.54, 1.807) is 6.92 Å². The Kier molecular flexibility index (Phi) is 2.18. The fraction of sp³-hybridized carbons (Fsp3) is 0.750. The molecule has 0 bridgehead atoms. The lowest BCUT2D eigenvalue weighted by molar-refractivity contribution is 0.389. The minimum absolute atomic E-state index is 0.243. The zero-order chi connectivity index (χ0) is 9.26. The molecule has 1 aromatic rings. The monoisotopic (exact) mass is 182 g/mol. The highest BCUT2D eigenvalue weighted by molar-refractivity contribution is 5.28. The number of nitrogens with two attached hydrogens (primary N) is 1. The molecular weight excluding hydrogens is 168 g/mol. The third-order valence-electron chi connectivity index (χ3n) is 2.26. The number of aromatic nitrogens is 2. The van der Waals surface area contributed by atoms with E-state index in [4.69, 9.17) is 10.3 Å². The summed E-state index contributed by atoms with van der Waals surface area (Å²) in [6.45, 7) is 3.60. The van der Waals surface area contributed by atoms with E-state index >= 15 is 0 Å². The molecule has 1 saturated heterocycles. The fourth-order valence-electron chi connectivity index (χ4n) is 1.61. The van der Waals surface area contributed by atoms with Crippen LogP contribution in [0.1, 0.15) is 18.7 Å². The van der Waals surface area contributed by atoms with Gasteiger partial charge in [-0.15, -0.1) is 0 Å². The van der Waals surface area contributed by atoms with Gasteiger partial charge in [-0.3, -0.25) is 0 Å². The summed E-state index contributed by atoms with van der Waals surface area (Å²) >= 11 is 0. The van der Waals surface area contributed by atoms with Crippen molar-refractivity contribution >= 4 is 5.95 Å². The molecule has 5 nitrogen and oxygen atoms in total. The average molecular weight is 182 g/mol. The molecule has 1 fully saturated rings. The van der Waals surface area contributed by atoms with E-state index in [1.165, 1.54) is 0 Å². The van der Waals surface area contributed by atoms with Crippen molar-refractivity contribution in [3.63, 3.8) is 0 Å². The predicted molar refractivity (Wildman–Crippen MR) is 48.5 cm³/mol. The van der Waals surface area contributed by atoms with Crippen molar-refractivity contribution < 1.29 is 4.52 Å². The average Bonchev–Trinajstić information content (AvgIpc) is 2.52. The van der Waals surface area contributed by atoms with Crippen LogP contribution in [0.3, 0.4) is 0 Å². The summed E-state index contributed by atoms with van der Waals surface area (Å²) in [4.78, 5) is 6.24. The summed E-state index contributed by atoms with van der Waals surface area (Å²) < 4.78 is 4.91. The van der Waals surface area contributed by atoms with Gasteiger partial charge in [-0.25, -0.2) is 0 Å². The van der Waals surface area contributed by atoms with Crippen LogP contribution in [-0.4, -0.2) is 29.3 Å². The number of hydrogen-bond donors (Lipinski definition) is 1. The highest BCUT2D eigenvalue weighted by Crippen LogP contribution is 2.15. The molecule has 13 heavy (non-hydrogen) atoms. The lowest BCUT2D eigenvalue weighted by Gasteiger charge is -2.29. The van der Waals surface area contributed by atoms with Crippen molar-refractivity contribution in [3.05, 3.63) is 5.89 Å². The molecule has 0 aliphatic carbocycles. The number of hydrogen-bond acceptors (Lipinski definition) is 5. The molecule has 72 valence electrons. The van der Waals surface area contributed by atoms with Gasteiger partial charge in [0.2, 0.25) is 5.89 Å². The van der Waals surface area contributed by atoms with Crippen LogP contribution >= 0.6 is 0 Å². The maximum absolute atomic E-state index is 5.84. The van der Waals surface area contributed by atoms with Crippen LogP contribution in [0, 0.1) is 6.92 Å². The molecule has 0 aromatic carbocycles. The van der Waals surface area contributed by atoms with E-state index < -0.39 is 0 Å². The Hall–Kier alpha value is -1.10. The molecule has 0 spiro atoms. The molecule has 1 aromatic heterocycles. The second-order valence-corrected chi connectivity index (χ2v) is 3.46. The molecule has 1 aliphatic rings. The smallest absolute Gasteiger partial charge is 0.266 e. The fourth-order valence-corrected chi connectivity index (χ4v) is 1.61.